The molecule has 1 aliphatic rings. The molecule has 7 nitrogen and oxygen atoms in total. The molecule has 1 amide bonds. The fourth-order valence-corrected chi connectivity index (χ4v) is 4.52. The van der Waals surface area contributed by atoms with Crippen molar-refractivity contribution in [3.05, 3.63) is 28.1 Å². The van der Waals surface area contributed by atoms with E-state index in [1.807, 2.05) is 11.4 Å². The first-order valence-corrected chi connectivity index (χ1v) is 8.66. The zero-order valence-corrected chi connectivity index (χ0v) is 12.1. The van der Waals surface area contributed by atoms with E-state index in [0.717, 1.165) is 21.5 Å². The highest BCUT2D eigenvalue weighted by Crippen LogP contribution is 2.47. The normalized spacial score (nSPS) is 20.2. The molecule has 1 aromatic rings. The van der Waals surface area contributed by atoms with Crippen molar-refractivity contribution in [3.8, 4) is 0 Å². The molecule has 0 aliphatic carbocycles. The van der Waals surface area contributed by atoms with Crippen molar-refractivity contribution in [2.45, 2.75) is 5.50 Å². The zero-order chi connectivity index (χ0) is 14.2. The molecule has 104 valence electrons. The van der Waals surface area contributed by atoms with Gasteiger partial charge in [-0.2, -0.15) is 0 Å². The van der Waals surface area contributed by atoms with Crippen molar-refractivity contribution < 1.29 is 19.1 Å². The summed E-state index contributed by atoms with van der Waals surface area (Å²) in [7, 11) is -4.34. The lowest BCUT2D eigenvalue weighted by Gasteiger charge is -2.24. The van der Waals surface area contributed by atoms with Gasteiger partial charge in [-0.15, -0.1) is 11.3 Å². The van der Waals surface area contributed by atoms with E-state index >= 15 is 0 Å². The summed E-state index contributed by atoms with van der Waals surface area (Å²) < 4.78 is 11.1. The third kappa shape index (κ3) is 3.19. The van der Waals surface area contributed by atoms with Crippen molar-refractivity contribution in [2.24, 2.45) is 11.5 Å². The number of rotatable bonds is 4. The lowest BCUT2D eigenvalue weighted by atomic mass is 10.3. The Hall–Kier alpha value is -0.830. The summed E-state index contributed by atoms with van der Waals surface area (Å²) >= 11 is 2.56. The monoisotopic (exact) mass is 321 g/mol. The second kappa shape index (κ2) is 5.28. The molecule has 2 heterocycles. The Labute approximate surface area is 117 Å². The summed E-state index contributed by atoms with van der Waals surface area (Å²) in [6, 6.07) is 3.60. The predicted octanol–water partition coefficient (Wildman–Crippen LogP) is 0.328. The Morgan fingerprint density at radius 3 is 2.68 bits per heavy atom. The van der Waals surface area contributed by atoms with Gasteiger partial charge in [-0.3, -0.25) is 9.36 Å². The second-order valence-corrected chi connectivity index (χ2v) is 7.49. The van der Waals surface area contributed by atoms with Crippen LogP contribution in [0.25, 0.3) is 4.91 Å². The van der Waals surface area contributed by atoms with Crippen LogP contribution < -0.4 is 11.5 Å². The summed E-state index contributed by atoms with van der Waals surface area (Å²) in [5.41, 5.74) is 10.4. The van der Waals surface area contributed by atoms with Crippen LogP contribution in [0.3, 0.4) is 0 Å². The standard InChI is InChI=1S/C9H12N3O4PS2/c10-8(13)6-7(5-2-1-3-18-5)19-9(11)12(6)4-17(14,15)16/h1-3,9H,4,11H2,(H2,10,13)(H2,14,15,16). The van der Waals surface area contributed by atoms with Crippen molar-refractivity contribution in [1.82, 2.24) is 4.90 Å². The van der Waals surface area contributed by atoms with Crippen LogP contribution in [0.1, 0.15) is 4.88 Å². The van der Waals surface area contributed by atoms with Gasteiger partial charge in [-0.25, -0.2) is 0 Å². The number of carbonyl (C=O) groups is 1. The summed E-state index contributed by atoms with van der Waals surface area (Å²) in [5, 5.41) is 1.83. The molecule has 6 N–H and O–H groups in total. The molecule has 0 fully saturated rings. The SMILES string of the molecule is NC(=O)C1=C(c2cccs2)SC(N)N1CP(=O)(O)O. The quantitative estimate of drug-likeness (QED) is 0.588. The van der Waals surface area contributed by atoms with Gasteiger partial charge in [0.05, 0.1) is 4.91 Å². The van der Waals surface area contributed by atoms with Crippen molar-refractivity contribution in [2.75, 3.05) is 6.29 Å². The summed E-state index contributed by atoms with van der Waals surface area (Å²) in [6.45, 7) is 0. The molecule has 10 heteroatoms. The number of thiophene rings is 1. The van der Waals surface area contributed by atoms with Gasteiger partial charge in [0.15, 0.2) is 0 Å². The number of nitrogens with zero attached hydrogens (tertiary/aromatic N) is 1. The summed E-state index contributed by atoms with van der Waals surface area (Å²) in [4.78, 5) is 32.2. The van der Waals surface area contributed by atoms with E-state index in [2.05, 4.69) is 0 Å². The third-order valence-electron chi connectivity index (χ3n) is 2.36. The molecule has 0 saturated heterocycles. The maximum Gasteiger partial charge on any atom is 0.344 e. The predicted molar refractivity (Wildman–Crippen MR) is 74.7 cm³/mol. The Bertz CT molecular complexity index is 568. The number of nitrogens with two attached hydrogens (primary N) is 2. The zero-order valence-electron chi connectivity index (χ0n) is 9.59. The van der Waals surface area contributed by atoms with E-state index < -0.39 is 25.3 Å². The molecular weight excluding hydrogens is 309 g/mol. The highest BCUT2D eigenvalue weighted by molar-refractivity contribution is 8.09. The van der Waals surface area contributed by atoms with Gasteiger partial charge >= 0.3 is 7.60 Å². The smallest absolute Gasteiger partial charge is 0.344 e. The molecule has 0 saturated carbocycles. The summed E-state index contributed by atoms with van der Waals surface area (Å²) in [6.07, 6.45) is -0.631. The maximum atomic E-state index is 11.6. The van der Waals surface area contributed by atoms with Crippen LogP contribution in [0.4, 0.5) is 0 Å². The van der Waals surface area contributed by atoms with E-state index in [-0.39, 0.29) is 5.70 Å². The first-order chi connectivity index (χ1) is 8.79. The molecule has 0 radical (unpaired) electrons. The maximum absolute atomic E-state index is 11.6. The van der Waals surface area contributed by atoms with Crippen LogP contribution in [0.2, 0.25) is 0 Å². The molecule has 1 unspecified atom stereocenters. The number of hydrogen-bond acceptors (Lipinski definition) is 6. The molecule has 0 aromatic carbocycles. The molecular formula is C9H12N3O4PS2. The first-order valence-electron chi connectivity index (χ1n) is 5.11. The van der Waals surface area contributed by atoms with Gasteiger partial charge in [0.25, 0.3) is 5.91 Å². The van der Waals surface area contributed by atoms with Gasteiger partial charge in [-0.1, -0.05) is 17.8 Å². The number of primary amides is 1. The minimum Gasteiger partial charge on any atom is -0.364 e. The van der Waals surface area contributed by atoms with E-state index in [1.165, 1.54) is 11.3 Å². The number of amides is 1. The minimum absolute atomic E-state index is 0.0586. The second-order valence-electron chi connectivity index (χ2n) is 3.80. The van der Waals surface area contributed by atoms with Crippen molar-refractivity contribution in [3.63, 3.8) is 0 Å². The van der Waals surface area contributed by atoms with Gasteiger partial charge < -0.3 is 26.2 Å². The van der Waals surface area contributed by atoms with E-state index in [0.29, 0.717) is 4.91 Å². The van der Waals surface area contributed by atoms with Crippen LogP contribution in [-0.2, 0) is 9.36 Å². The van der Waals surface area contributed by atoms with Crippen LogP contribution in [0, 0.1) is 0 Å². The highest BCUT2D eigenvalue weighted by Gasteiger charge is 2.37. The molecule has 1 atom stereocenters. The molecule has 2 rings (SSSR count). The lowest BCUT2D eigenvalue weighted by molar-refractivity contribution is -0.115. The molecule has 0 bridgehead atoms. The van der Waals surface area contributed by atoms with E-state index in [4.69, 9.17) is 21.3 Å². The van der Waals surface area contributed by atoms with Crippen LogP contribution in [0.15, 0.2) is 23.2 Å². The average molecular weight is 321 g/mol. The summed E-state index contributed by atoms with van der Waals surface area (Å²) in [5.74, 6) is -0.752. The highest BCUT2D eigenvalue weighted by atomic mass is 32.2. The Kier molecular flexibility index (Phi) is 4.05. The van der Waals surface area contributed by atoms with Gasteiger partial charge in [-0.05, 0) is 11.4 Å². The van der Waals surface area contributed by atoms with E-state index in [1.54, 1.807) is 6.07 Å². The van der Waals surface area contributed by atoms with Crippen LogP contribution in [0.5, 0.6) is 0 Å². The van der Waals surface area contributed by atoms with Crippen molar-refractivity contribution >= 4 is 41.5 Å². The number of carbonyl (C=O) groups excluding carboxylic acids is 1. The van der Waals surface area contributed by atoms with E-state index in [9.17, 15) is 9.36 Å². The van der Waals surface area contributed by atoms with Gasteiger partial charge in [0.1, 0.15) is 17.5 Å². The van der Waals surface area contributed by atoms with Crippen LogP contribution >= 0.6 is 30.7 Å². The number of thioether (sulfide) groups is 1. The average Bonchev–Trinajstić information content (AvgIpc) is 2.85. The lowest BCUT2D eigenvalue weighted by Crippen LogP contribution is -2.39. The topological polar surface area (TPSA) is 130 Å². The van der Waals surface area contributed by atoms with Gasteiger partial charge in [0, 0.05) is 4.88 Å². The fraction of sp³-hybridized carbons (Fsp3) is 0.222. The van der Waals surface area contributed by atoms with Gasteiger partial charge in [0.2, 0.25) is 0 Å². The van der Waals surface area contributed by atoms with Crippen molar-refractivity contribution in [1.29, 1.82) is 0 Å². The fourth-order valence-electron chi connectivity index (χ4n) is 1.68. The molecule has 19 heavy (non-hydrogen) atoms. The molecule has 1 aliphatic heterocycles. The first kappa shape index (κ1) is 14.6. The minimum atomic E-state index is -4.34. The molecule has 1 aromatic heterocycles. The molecule has 0 spiro atoms. The van der Waals surface area contributed by atoms with Crippen LogP contribution in [-0.4, -0.2) is 32.4 Å². The Morgan fingerprint density at radius 1 is 1.53 bits per heavy atom. The third-order valence-corrected chi connectivity index (χ3v) is 5.20. The Balaban J connectivity index is 2.44. The number of hydrogen-bond donors (Lipinski definition) is 4. The largest absolute Gasteiger partial charge is 0.364 e. The Morgan fingerprint density at radius 2 is 2.21 bits per heavy atom.